The second kappa shape index (κ2) is 6.38. The van der Waals surface area contributed by atoms with Gasteiger partial charge in [-0.15, -0.1) is 0 Å². The molecule has 3 aliphatic rings. The van der Waals surface area contributed by atoms with Crippen molar-refractivity contribution >= 4 is 5.97 Å². The molecule has 5 heteroatoms. The zero-order valence-electron chi connectivity index (χ0n) is 15.2. The summed E-state index contributed by atoms with van der Waals surface area (Å²) in [5.41, 5.74) is 0.255. The number of fused-ring (bicyclic) bond motifs is 2. The van der Waals surface area contributed by atoms with Gasteiger partial charge in [-0.25, -0.2) is 4.79 Å². The Labute approximate surface area is 149 Å². The summed E-state index contributed by atoms with van der Waals surface area (Å²) >= 11 is 0. The first-order chi connectivity index (χ1) is 11.6. The number of allylic oxidation sites excluding steroid dienone is 2. The molecule has 1 saturated carbocycles. The molecule has 2 N–H and O–H groups in total. The molecule has 2 aliphatic heterocycles. The summed E-state index contributed by atoms with van der Waals surface area (Å²) < 4.78 is 11.1. The predicted octanol–water partition coefficient (Wildman–Crippen LogP) is 2.29. The normalized spacial score (nSPS) is 40.8. The van der Waals surface area contributed by atoms with Crippen molar-refractivity contribution in [2.75, 3.05) is 6.61 Å². The van der Waals surface area contributed by atoms with Crippen LogP contribution in [0.4, 0.5) is 0 Å². The molecule has 2 saturated heterocycles. The Bertz CT molecular complexity index is 626. The van der Waals surface area contributed by atoms with E-state index in [-0.39, 0.29) is 29.5 Å². The molecule has 1 aliphatic carbocycles. The maximum Gasteiger partial charge on any atom is 0.334 e. The van der Waals surface area contributed by atoms with Gasteiger partial charge in [-0.3, -0.25) is 0 Å². The van der Waals surface area contributed by atoms with Gasteiger partial charge in [-0.05, 0) is 40.0 Å². The Morgan fingerprint density at radius 2 is 2.08 bits per heavy atom. The lowest BCUT2D eigenvalue weighted by atomic mass is 9.76. The smallest absolute Gasteiger partial charge is 0.334 e. The molecule has 138 valence electrons. The van der Waals surface area contributed by atoms with E-state index in [0.717, 1.165) is 18.4 Å². The Hall–Kier alpha value is -1.43. The SMILES string of the molecule is C=C1C[C@@H](O)[C@H]2O[C@]2(C)CC[C@@H]2/C(=C\C=C\C(C)(C)O)C(=O)OC[C@@H]12. The fraction of sp³-hybridized carbons (Fsp3) is 0.650. The fourth-order valence-corrected chi connectivity index (χ4v) is 3.98. The van der Waals surface area contributed by atoms with Crippen molar-refractivity contribution in [1.29, 1.82) is 0 Å². The summed E-state index contributed by atoms with van der Waals surface area (Å²) in [6.45, 7) is 9.84. The highest BCUT2D eigenvalue weighted by Crippen LogP contribution is 2.49. The van der Waals surface area contributed by atoms with Crippen LogP contribution in [-0.4, -0.2) is 46.2 Å². The van der Waals surface area contributed by atoms with E-state index >= 15 is 0 Å². The van der Waals surface area contributed by atoms with Gasteiger partial charge in [0.05, 0.1) is 23.9 Å². The highest BCUT2D eigenvalue weighted by molar-refractivity contribution is 5.90. The van der Waals surface area contributed by atoms with Crippen molar-refractivity contribution in [2.45, 2.75) is 63.4 Å². The minimum atomic E-state index is -0.941. The van der Waals surface area contributed by atoms with Crippen molar-refractivity contribution in [3.8, 4) is 0 Å². The molecule has 3 rings (SSSR count). The van der Waals surface area contributed by atoms with E-state index in [1.807, 2.05) is 6.92 Å². The molecule has 25 heavy (non-hydrogen) atoms. The quantitative estimate of drug-likeness (QED) is 0.346. The third-order valence-corrected chi connectivity index (χ3v) is 5.53. The zero-order valence-corrected chi connectivity index (χ0v) is 15.2. The number of aliphatic hydroxyl groups excluding tert-OH is 1. The van der Waals surface area contributed by atoms with Crippen LogP contribution in [0.2, 0.25) is 0 Å². The highest BCUT2D eigenvalue weighted by Gasteiger charge is 2.57. The van der Waals surface area contributed by atoms with E-state index in [1.165, 1.54) is 0 Å². The molecule has 0 unspecified atom stereocenters. The first-order valence-electron chi connectivity index (χ1n) is 8.93. The first kappa shape index (κ1) is 18.4. The molecular weight excluding hydrogens is 320 g/mol. The Morgan fingerprint density at radius 1 is 1.36 bits per heavy atom. The molecule has 0 aromatic heterocycles. The number of ether oxygens (including phenoxy) is 2. The maximum atomic E-state index is 12.3. The Morgan fingerprint density at radius 3 is 2.76 bits per heavy atom. The molecular formula is C20H28O5. The van der Waals surface area contributed by atoms with Crippen LogP contribution in [0.3, 0.4) is 0 Å². The van der Waals surface area contributed by atoms with Crippen LogP contribution in [-0.2, 0) is 14.3 Å². The summed E-state index contributed by atoms with van der Waals surface area (Å²) in [5, 5.41) is 20.2. The van der Waals surface area contributed by atoms with Crippen molar-refractivity contribution in [2.24, 2.45) is 11.8 Å². The molecule has 0 spiro atoms. The molecule has 0 radical (unpaired) electrons. The van der Waals surface area contributed by atoms with Gasteiger partial charge in [0.1, 0.15) is 6.10 Å². The minimum Gasteiger partial charge on any atom is -0.462 e. The van der Waals surface area contributed by atoms with Crippen molar-refractivity contribution in [3.63, 3.8) is 0 Å². The predicted molar refractivity (Wildman–Crippen MR) is 93.7 cm³/mol. The lowest BCUT2D eigenvalue weighted by molar-refractivity contribution is -0.144. The lowest BCUT2D eigenvalue weighted by Gasteiger charge is -2.34. The summed E-state index contributed by atoms with van der Waals surface area (Å²) in [4.78, 5) is 12.3. The van der Waals surface area contributed by atoms with Crippen LogP contribution >= 0.6 is 0 Å². The molecule has 0 aromatic carbocycles. The summed E-state index contributed by atoms with van der Waals surface area (Å²) in [7, 11) is 0. The number of aliphatic hydroxyl groups is 2. The van der Waals surface area contributed by atoms with E-state index in [2.05, 4.69) is 6.58 Å². The first-order valence-corrected chi connectivity index (χ1v) is 8.93. The van der Waals surface area contributed by atoms with Gasteiger partial charge in [0.25, 0.3) is 0 Å². The number of hydrogen-bond donors (Lipinski definition) is 2. The summed E-state index contributed by atoms with van der Waals surface area (Å²) in [5.74, 6) is -0.310. The van der Waals surface area contributed by atoms with Gasteiger partial charge in [0.2, 0.25) is 0 Å². The van der Waals surface area contributed by atoms with E-state index in [4.69, 9.17) is 9.47 Å². The number of esters is 1. The van der Waals surface area contributed by atoms with Crippen LogP contribution in [0, 0.1) is 11.8 Å². The standard InChI is InChI=1S/C20H28O5/c1-12-10-16(21)17-20(4,25-17)9-7-13-14(6-5-8-19(2,3)23)18(22)24-11-15(12)13/h5-6,8,13,15-17,21,23H,1,7,9-11H2,2-4H3/b8-5+,14-6+/t13-,15+,16-,17-,20-/m1/s1. The highest BCUT2D eigenvalue weighted by atomic mass is 16.6. The van der Waals surface area contributed by atoms with Crippen molar-refractivity contribution < 1.29 is 24.5 Å². The molecule has 0 bridgehead atoms. The average Bonchev–Trinajstić information content (AvgIpc) is 3.17. The fourth-order valence-electron chi connectivity index (χ4n) is 3.98. The van der Waals surface area contributed by atoms with Gasteiger partial charge in [0.15, 0.2) is 0 Å². The van der Waals surface area contributed by atoms with E-state index in [0.29, 0.717) is 18.6 Å². The van der Waals surface area contributed by atoms with Crippen LogP contribution in [0.1, 0.15) is 40.0 Å². The topological polar surface area (TPSA) is 79.3 Å². The maximum absolute atomic E-state index is 12.3. The monoisotopic (exact) mass is 348 g/mol. The number of carbonyl (C=O) groups is 1. The number of rotatable bonds is 2. The third kappa shape index (κ3) is 3.89. The number of carbonyl (C=O) groups excluding carboxylic acids is 1. The zero-order chi connectivity index (χ0) is 18.4. The van der Waals surface area contributed by atoms with Crippen LogP contribution in [0.25, 0.3) is 0 Å². The average molecular weight is 348 g/mol. The Balaban J connectivity index is 1.88. The summed E-state index contributed by atoms with van der Waals surface area (Å²) in [6, 6.07) is 0. The van der Waals surface area contributed by atoms with Gasteiger partial charge < -0.3 is 19.7 Å². The van der Waals surface area contributed by atoms with Gasteiger partial charge in [0, 0.05) is 17.4 Å². The molecule has 5 atom stereocenters. The van der Waals surface area contributed by atoms with Crippen LogP contribution in [0.15, 0.2) is 36.0 Å². The van der Waals surface area contributed by atoms with Gasteiger partial charge >= 0.3 is 5.97 Å². The Kier molecular flexibility index (Phi) is 4.69. The van der Waals surface area contributed by atoms with Crippen molar-refractivity contribution in [3.05, 3.63) is 36.0 Å². The number of hydrogen-bond acceptors (Lipinski definition) is 5. The molecule has 0 aromatic rings. The molecule has 2 heterocycles. The van der Waals surface area contributed by atoms with Gasteiger partial charge in [-0.2, -0.15) is 0 Å². The molecule has 5 nitrogen and oxygen atoms in total. The minimum absolute atomic E-state index is 0.00724. The lowest BCUT2D eigenvalue weighted by Crippen LogP contribution is -2.35. The number of cyclic esters (lactones) is 1. The van der Waals surface area contributed by atoms with E-state index in [1.54, 1.807) is 32.1 Å². The van der Waals surface area contributed by atoms with Crippen molar-refractivity contribution in [1.82, 2.24) is 0 Å². The van der Waals surface area contributed by atoms with Crippen LogP contribution in [0.5, 0.6) is 0 Å². The van der Waals surface area contributed by atoms with Gasteiger partial charge in [-0.1, -0.05) is 30.4 Å². The largest absolute Gasteiger partial charge is 0.462 e. The second-order valence-corrected chi connectivity index (χ2v) is 8.27. The third-order valence-electron chi connectivity index (χ3n) is 5.53. The second-order valence-electron chi connectivity index (χ2n) is 8.27. The number of epoxide rings is 1. The summed E-state index contributed by atoms with van der Waals surface area (Å²) in [6.07, 6.45) is 6.41. The van der Waals surface area contributed by atoms with E-state index < -0.39 is 11.7 Å². The molecule has 3 fully saturated rings. The van der Waals surface area contributed by atoms with E-state index in [9.17, 15) is 15.0 Å². The van der Waals surface area contributed by atoms with Crippen LogP contribution < -0.4 is 0 Å². The molecule has 0 amide bonds.